The van der Waals surface area contributed by atoms with Gasteiger partial charge in [-0.25, -0.2) is 17.8 Å². The number of rotatable bonds is 4. The molecule has 0 aliphatic heterocycles. The topological polar surface area (TPSA) is 95.1 Å². The van der Waals surface area contributed by atoms with Crippen LogP contribution in [0.5, 0.6) is 0 Å². The fraction of sp³-hybridized carbons (Fsp3) is 0.333. The molecular formula is C21H22FN3O3S. The van der Waals surface area contributed by atoms with E-state index in [9.17, 15) is 17.6 Å². The molecule has 152 valence electrons. The van der Waals surface area contributed by atoms with Crippen molar-refractivity contribution in [3.8, 4) is 5.69 Å². The fourth-order valence-corrected chi connectivity index (χ4v) is 6.06. The number of halogens is 1. The van der Waals surface area contributed by atoms with Crippen LogP contribution in [0.2, 0.25) is 0 Å². The molecule has 1 heterocycles. The van der Waals surface area contributed by atoms with Gasteiger partial charge in [0.25, 0.3) is 5.56 Å². The molecule has 2 aromatic carbocycles. The summed E-state index contributed by atoms with van der Waals surface area (Å²) < 4.78 is 41.6. The van der Waals surface area contributed by atoms with Crippen molar-refractivity contribution in [3.63, 3.8) is 0 Å². The van der Waals surface area contributed by atoms with Crippen molar-refractivity contribution in [3.05, 3.63) is 64.5 Å². The molecule has 1 aromatic heterocycles. The van der Waals surface area contributed by atoms with Crippen molar-refractivity contribution in [2.24, 2.45) is 5.73 Å². The largest absolute Gasteiger partial charge is 0.322 e. The molecule has 29 heavy (non-hydrogen) atoms. The quantitative estimate of drug-likeness (QED) is 0.706. The summed E-state index contributed by atoms with van der Waals surface area (Å²) in [6.07, 6.45) is 2.88. The van der Waals surface area contributed by atoms with Gasteiger partial charge in [0.15, 0.2) is 9.84 Å². The molecule has 0 saturated heterocycles. The van der Waals surface area contributed by atoms with E-state index >= 15 is 0 Å². The molecular weight excluding hydrogens is 393 g/mol. The molecule has 0 amide bonds. The van der Waals surface area contributed by atoms with Gasteiger partial charge in [0, 0.05) is 0 Å². The first-order valence-corrected chi connectivity index (χ1v) is 11.2. The van der Waals surface area contributed by atoms with Gasteiger partial charge >= 0.3 is 0 Å². The highest BCUT2D eigenvalue weighted by molar-refractivity contribution is 7.92. The molecule has 1 saturated carbocycles. The summed E-state index contributed by atoms with van der Waals surface area (Å²) in [5.41, 5.74) is 6.00. The van der Waals surface area contributed by atoms with E-state index in [0.29, 0.717) is 12.8 Å². The van der Waals surface area contributed by atoms with Gasteiger partial charge in [-0.05, 0) is 50.1 Å². The lowest BCUT2D eigenvalue weighted by molar-refractivity contribution is 0.580. The van der Waals surface area contributed by atoms with Crippen LogP contribution in [0, 0.1) is 5.82 Å². The van der Waals surface area contributed by atoms with Gasteiger partial charge in [-0.3, -0.25) is 9.36 Å². The molecule has 8 heteroatoms. The van der Waals surface area contributed by atoms with Crippen LogP contribution in [0.1, 0.15) is 44.5 Å². The average molecular weight is 415 g/mol. The number of hydrogen-bond donors (Lipinski definition) is 1. The maximum Gasteiger partial charge on any atom is 0.267 e. The first-order valence-electron chi connectivity index (χ1n) is 9.62. The number of hydrogen-bond acceptors (Lipinski definition) is 5. The first-order chi connectivity index (χ1) is 13.8. The maximum atomic E-state index is 13.8. The summed E-state index contributed by atoms with van der Waals surface area (Å²) in [5, 5.41) is -0.476. The Bertz CT molecular complexity index is 1250. The third-order valence-corrected chi connectivity index (χ3v) is 7.71. The van der Waals surface area contributed by atoms with Crippen LogP contribution in [0.4, 0.5) is 4.39 Å². The zero-order chi connectivity index (χ0) is 20.8. The lowest BCUT2D eigenvalue weighted by Gasteiger charge is -2.18. The highest BCUT2D eigenvalue weighted by Crippen LogP contribution is 2.32. The van der Waals surface area contributed by atoms with Crippen molar-refractivity contribution < 1.29 is 12.8 Å². The Morgan fingerprint density at radius 3 is 2.52 bits per heavy atom. The smallest absolute Gasteiger partial charge is 0.267 e. The van der Waals surface area contributed by atoms with Gasteiger partial charge in [0.05, 0.1) is 32.8 Å². The third kappa shape index (κ3) is 3.36. The molecule has 1 fully saturated rings. The molecule has 0 radical (unpaired) electrons. The number of benzene rings is 2. The Kier molecular flexibility index (Phi) is 5.00. The van der Waals surface area contributed by atoms with Gasteiger partial charge in [-0.2, -0.15) is 0 Å². The van der Waals surface area contributed by atoms with E-state index in [0.717, 1.165) is 12.8 Å². The molecule has 1 aliphatic rings. The van der Waals surface area contributed by atoms with Crippen molar-refractivity contribution in [1.82, 2.24) is 9.55 Å². The fourth-order valence-electron chi connectivity index (χ4n) is 4.00. The van der Waals surface area contributed by atoms with Gasteiger partial charge < -0.3 is 5.73 Å². The lowest BCUT2D eigenvalue weighted by atomic mass is 10.2. The second-order valence-corrected chi connectivity index (χ2v) is 9.68. The number of fused-ring (bicyclic) bond motifs is 1. The lowest BCUT2D eigenvalue weighted by Crippen LogP contribution is -2.29. The van der Waals surface area contributed by atoms with Crippen LogP contribution in [0.15, 0.2) is 52.2 Å². The highest BCUT2D eigenvalue weighted by atomic mass is 32.2. The molecule has 1 atom stereocenters. The van der Waals surface area contributed by atoms with E-state index in [1.807, 2.05) is 0 Å². The summed E-state index contributed by atoms with van der Waals surface area (Å²) in [5.74, 6) is -0.277. The molecule has 2 N–H and O–H groups in total. The number of aromatic nitrogens is 2. The summed E-state index contributed by atoms with van der Waals surface area (Å²) >= 11 is 0. The first kappa shape index (κ1) is 19.7. The Morgan fingerprint density at radius 1 is 1.17 bits per heavy atom. The van der Waals surface area contributed by atoms with Crippen LogP contribution in [0.3, 0.4) is 0 Å². The van der Waals surface area contributed by atoms with E-state index in [1.165, 1.54) is 28.8 Å². The number of sulfone groups is 1. The molecule has 6 nitrogen and oxygen atoms in total. The van der Waals surface area contributed by atoms with Crippen LogP contribution in [0.25, 0.3) is 16.6 Å². The Balaban J connectivity index is 2.07. The second-order valence-electron chi connectivity index (χ2n) is 7.48. The predicted octanol–water partition coefficient (Wildman–Crippen LogP) is 3.26. The zero-order valence-electron chi connectivity index (χ0n) is 16.0. The zero-order valence-corrected chi connectivity index (χ0v) is 16.8. The van der Waals surface area contributed by atoms with Gasteiger partial charge in [-0.1, -0.05) is 25.0 Å². The normalized spacial score (nSPS) is 16.4. The maximum absolute atomic E-state index is 13.8. The third-order valence-electron chi connectivity index (χ3n) is 5.41. The minimum atomic E-state index is -3.69. The minimum Gasteiger partial charge on any atom is -0.322 e. The predicted molar refractivity (Wildman–Crippen MR) is 109 cm³/mol. The van der Waals surface area contributed by atoms with Crippen molar-refractivity contribution >= 4 is 20.7 Å². The highest BCUT2D eigenvalue weighted by Gasteiger charge is 2.33. The van der Waals surface area contributed by atoms with E-state index in [-0.39, 0.29) is 27.3 Å². The van der Waals surface area contributed by atoms with Gasteiger partial charge in [0.2, 0.25) is 0 Å². The van der Waals surface area contributed by atoms with Crippen molar-refractivity contribution in [1.29, 1.82) is 0 Å². The number of nitrogens with two attached hydrogens (primary N) is 1. The van der Waals surface area contributed by atoms with Gasteiger partial charge in [-0.15, -0.1) is 0 Å². The average Bonchev–Trinajstić information content (AvgIpc) is 3.23. The molecule has 1 aliphatic carbocycles. The second kappa shape index (κ2) is 7.35. The minimum absolute atomic E-state index is 0.0132. The van der Waals surface area contributed by atoms with Crippen molar-refractivity contribution in [2.75, 3.05) is 0 Å². The Labute approximate surface area is 168 Å². The standard InChI is InChI=1S/C21H22FN3O3S/c1-13(23)20-24-17-10-5-11-18(29(27,28)16-8-2-3-9-16)19(17)21(26)25(20)15-7-4-6-14(22)12-15/h4-7,10-13,16H,2-3,8-9,23H2,1H3/t13-/m0/s1. The monoisotopic (exact) mass is 415 g/mol. The Hall–Kier alpha value is -2.58. The number of nitrogens with zero attached hydrogens (tertiary/aromatic N) is 2. The van der Waals surface area contributed by atoms with E-state index in [2.05, 4.69) is 4.98 Å². The van der Waals surface area contributed by atoms with Gasteiger partial charge in [0.1, 0.15) is 11.6 Å². The van der Waals surface area contributed by atoms with Crippen molar-refractivity contribution in [2.45, 2.75) is 48.8 Å². The molecule has 4 rings (SSSR count). The summed E-state index contributed by atoms with van der Waals surface area (Å²) in [7, 11) is -3.69. The van der Waals surface area contributed by atoms with Crippen LogP contribution in [-0.4, -0.2) is 23.2 Å². The molecule has 3 aromatic rings. The molecule has 0 bridgehead atoms. The SMILES string of the molecule is C[C@H](N)c1nc2cccc(S(=O)(=O)C3CCCC3)c2c(=O)n1-c1cccc(F)c1. The van der Waals surface area contributed by atoms with E-state index in [4.69, 9.17) is 5.73 Å². The Morgan fingerprint density at radius 2 is 1.86 bits per heavy atom. The van der Waals surface area contributed by atoms with E-state index in [1.54, 1.807) is 25.1 Å². The molecule has 0 unspecified atom stereocenters. The van der Waals surface area contributed by atoms with Crippen LogP contribution in [-0.2, 0) is 9.84 Å². The van der Waals surface area contributed by atoms with Crippen LogP contribution < -0.4 is 11.3 Å². The summed E-state index contributed by atoms with van der Waals surface area (Å²) in [6.45, 7) is 1.67. The van der Waals surface area contributed by atoms with Crippen LogP contribution >= 0.6 is 0 Å². The summed E-state index contributed by atoms with van der Waals surface area (Å²) in [6, 6.07) is 9.55. The van der Waals surface area contributed by atoms with E-state index < -0.39 is 32.5 Å². The summed E-state index contributed by atoms with van der Waals surface area (Å²) in [4.78, 5) is 18.0. The molecule has 0 spiro atoms.